The smallest absolute Gasteiger partial charge is 0.410 e. The molecule has 1 amide bonds. The predicted octanol–water partition coefficient (Wildman–Crippen LogP) is 5.60. The summed E-state index contributed by atoms with van der Waals surface area (Å²) in [6, 6.07) is 17.0. The van der Waals surface area contributed by atoms with E-state index >= 15 is 0 Å². The molecule has 2 aliphatic heterocycles. The van der Waals surface area contributed by atoms with Crippen molar-refractivity contribution in [3.8, 4) is 17.0 Å². The topological polar surface area (TPSA) is 61.4 Å². The molecule has 0 aliphatic carbocycles. The first-order valence-corrected chi connectivity index (χ1v) is 14.7. The van der Waals surface area contributed by atoms with Crippen LogP contribution in [0.15, 0.2) is 48.5 Å². The number of hydrogen-bond donors (Lipinski definition) is 0. The summed E-state index contributed by atoms with van der Waals surface area (Å²) >= 11 is 0. The number of rotatable bonds is 7. The SMILES string of the molecule is CN1CCC2CN(c3cc(-c4ccc(OCCN(C)C(=O)OC(C)(C)C)cc4)nc4cc(N(C)C)ccc34)CC2C1. The molecule has 5 rings (SSSR count). The van der Waals surface area contributed by atoms with Crippen LogP contribution in [0, 0.1) is 11.8 Å². The Kier molecular flexibility index (Phi) is 8.32. The lowest BCUT2D eigenvalue weighted by Crippen LogP contribution is -2.37. The number of aromatic nitrogens is 1. The second-order valence-electron chi connectivity index (χ2n) is 12.9. The highest BCUT2D eigenvalue weighted by molar-refractivity contribution is 5.96. The molecule has 0 N–H and O–H groups in total. The highest BCUT2D eigenvalue weighted by Gasteiger charge is 2.36. The molecule has 8 nitrogen and oxygen atoms in total. The highest BCUT2D eigenvalue weighted by Crippen LogP contribution is 2.39. The summed E-state index contributed by atoms with van der Waals surface area (Å²) in [5.74, 6) is 2.23. The van der Waals surface area contributed by atoms with Crippen molar-refractivity contribution in [3.63, 3.8) is 0 Å². The van der Waals surface area contributed by atoms with Gasteiger partial charge in [0.05, 0.1) is 17.8 Å². The van der Waals surface area contributed by atoms with Gasteiger partial charge in [-0.15, -0.1) is 0 Å². The number of ether oxygens (including phenoxy) is 2. The van der Waals surface area contributed by atoms with Gasteiger partial charge in [-0.05, 0) is 101 Å². The zero-order chi connectivity index (χ0) is 29.3. The van der Waals surface area contributed by atoms with Gasteiger partial charge in [0, 0.05) is 63.1 Å². The minimum atomic E-state index is -0.517. The molecule has 1 aromatic heterocycles. The Morgan fingerprint density at radius 2 is 1.73 bits per heavy atom. The van der Waals surface area contributed by atoms with Crippen LogP contribution >= 0.6 is 0 Å². The van der Waals surface area contributed by atoms with E-state index in [-0.39, 0.29) is 6.09 Å². The van der Waals surface area contributed by atoms with Gasteiger partial charge in [-0.1, -0.05) is 0 Å². The molecule has 0 bridgehead atoms. The molecular formula is C33H45N5O3. The van der Waals surface area contributed by atoms with E-state index in [1.165, 1.54) is 35.5 Å². The Labute approximate surface area is 244 Å². The number of piperidine rings is 1. The number of likely N-dealkylation sites (N-methyl/N-ethyl adjacent to an activating group) is 1. The Morgan fingerprint density at radius 3 is 2.44 bits per heavy atom. The van der Waals surface area contributed by atoms with Crippen molar-refractivity contribution >= 4 is 28.4 Å². The molecule has 0 radical (unpaired) electrons. The molecule has 0 spiro atoms. The van der Waals surface area contributed by atoms with Crippen molar-refractivity contribution in [1.82, 2.24) is 14.8 Å². The molecule has 2 aromatic carbocycles. The molecule has 2 fully saturated rings. The molecule has 2 aliphatic rings. The highest BCUT2D eigenvalue weighted by atomic mass is 16.6. The van der Waals surface area contributed by atoms with Crippen LogP contribution in [-0.4, -0.2) is 94.0 Å². The lowest BCUT2D eigenvalue weighted by Gasteiger charge is -2.31. The van der Waals surface area contributed by atoms with Crippen LogP contribution in [0.1, 0.15) is 27.2 Å². The van der Waals surface area contributed by atoms with E-state index in [9.17, 15) is 4.79 Å². The zero-order valence-electron chi connectivity index (χ0n) is 25.7. The average molecular weight is 560 g/mol. The van der Waals surface area contributed by atoms with E-state index in [0.717, 1.165) is 47.2 Å². The number of anilines is 2. The van der Waals surface area contributed by atoms with Crippen molar-refractivity contribution < 1.29 is 14.3 Å². The monoisotopic (exact) mass is 559 g/mol. The van der Waals surface area contributed by atoms with Crippen molar-refractivity contribution in [2.45, 2.75) is 32.8 Å². The summed E-state index contributed by atoms with van der Waals surface area (Å²) in [5, 5.41) is 1.21. The second-order valence-corrected chi connectivity index (χ2v) is 12.9. The Bertz CT molecular complexity index is 1370. The van der Waals surface area contributed by atoms with Crippen molar-refractivity contribution in [1.29, 1.82) is 0 Å². The number of amides is 1. The molecule has 2 unspecified atom stereocenters. The minimum Gasteiger partial charge on any atom is -0.492 e. The Balaban J connectivity index is 1.35. The summed E-state index contributed by atoms with van der Waals surface area (Å²) in [6.07, 6.45) is 0.921. The third-order valence-corrected chi connectivity index (χ3v) is 8.18. The third kappa shape index (κ3) is 6.87. The Hall–Kier alpha value is -3.52. The van der Waals surface area contributed by atoms with Crippen LogP contribution < -0.4 is 14.5 Å². The van der Waals surface area contributed by atoms with Gasteiger partial charge in [0.1, 0.15) is 18.0 Å². The van der Waals surface area contributed by atoms with Gasteiger partial charge in [-0.3, -0.25) is 0 Å². The summed E-state index contributed by atoms with van der Waals surface area (Å²) in [4.78, 5) is 26.1. The quantitative estimate of drug-likeness (QED) is 0.373. The lowest BCUT2D eigenvalue weighted by molar-refractivity contribution is 0.0278. The lowest BCUT2D eigenvalue weighted by atomic mass is 9.89. The fourth-order valence-electron chi connectivity index (χ4n) is 5.89. The zero-order valence-corrected chi connectivity index (χ0v) is 25.7. The maximum absolute atomic E-state index is 12.2. The van der Waals surface area contributed by atoms with Gasteiger partial charge in [0.25, 0.3) is 0 Å². The number of carbonyl (C=O) groups is 1. The van der Waals surface area contributed by atoms with E-state index in [2.05, 4.69) is 72.2 Å². The molecule has 3 aromatic rings. The number of pyridine rings is 1. The summed E-state index contributed by atoms with van der Waals surface area (Å²) in [5.41, 5.74) is 4.93. The summed E-state index contributed by atoms with van der Waals surface area (Å²) in [7, 11) is 8.10. The molecule has 220 valence electrons. The number of benzene rings is 2. The van der Waals surface area contributed by atoms with Gasteiger partial charge >= 0.3 is 6.09 Å². The minimum absolute atomic E-state index is 0.351. The number of nitrogens with zero attached hydrogens (tertiary/aromatic N) is 5. The number of carbonyl (C=O) groups excluding carboxylic acids is 1. The second kappa shape index (κ2) is 11.8. The van der Waals surface area contributed by atoms with Crippen LogP contribution in [0.4, 0.5) is 16.2 Å². The van der Waals surface area contributed by atoms with E-state index in [0.29, 0.717) is 19.1 Å². The molecule has 2 atom stereocenters. The van der Waals surface area contributed by atoms with Crippen molar-refractivity contribution in [2.24, 2.45) is 11.8 Å². The van der Waals surface area contributed by atoms with E-state index in [1.54, 1.807) is 7.05 Å². The average Bonchev–Trinajstić information content (AvgIpc) is 3.34. The molecule has 41 heavy (non-hydrogen) atoms. The first-order chi connectivity index (χ1) is 19.5. The molecule has 0 saturated carbocycles. The predicted molar refractivity (Wildman–Crippen MR) is 167 cm³/mol. The van der Waals surface area contributed by atoms with Crippen LogP contribution in [0.25, 0.3) is 22.2 Å². The fraction of sp³-hybridized carbons (Fsp3) is 0.515. The van der Waals surface area contributed by atoms with E-state index < -0.39 is 5.60 Å². The molecule has 2 saturated heterocycles. The number of hydrogen-bond acceptors (Lipinski definition) is 7. The van der Waals surface area contributed by atoms with Gasteiger partial charge in [0.2, 0.25) is 0 Å². The largest absolute Gasteiger partial charge is 0.492 e. The van der Waals surface area contributed by atoms with Crippen LogP contribution in [-0.2, 0) is 4.74 Å². The molecule has 8 heteroatoms. The van der Waals surface area contributed by atoms with Crippen LogP contribution in [0.5, 0.6) is 5.75 Å². The summed E-state index contributed by atoms with van der Waals surface area (Å²) < 4.78 is 11.4. The van der Waals surface area contributed by atoms with Gasteiger partial charge < -0.3 is 29.1 Å². The standard InChI is InChI=1S/C33H45N5O3/c1-33(2,3)41-32(39)37(7)16-17-40-27-11-8-23(9-12-27)29-19-31(28-13-10-26(35(4)5)18-30(28)34-29)38-21-24-14-15-36(6)20-25(24)22-38/h8-13,18-19,24-25H,14-17,20-22H2,1-7H3. The first kappa shape index (κ1) is 29.0. The van der Waals surface area contributed by atoms with Gasteiger partial charge in [-0.2, -0.15) is 0 Å². The first-order valence-electron chi connectivity index (χ1n) is 14.7. The molecule has 3 heterocycles. The third-order valence-electron chi connectivity index (χ3n) is 8.18. The van der Waals surface area contributed by atoms with Gasteiger partial charge in [-0.25, -0.2) is 9.78 Å². The fourth-order valence-corrected chi connectivity index (χ4v) is 5.89. The van der Waals surface area contributed by atoms with Crippen LogP contribution in [0.3, 0.4) is 0 Å². The van der Waals surface area contributed by atoms with E-state index in [4.69, 9.17) is 14.5 Å². The number of likely N-dealkylation sites (tertiary alicyclic amines) is 1. The van der Waals surface area contributed by atoms with Crippen molar-refractivity contribution in [2.75, 3.05) is 77.3 Å². The maximum Gasteiger partial charge on any atom is 0.410 e. The maximum atomic E-state index is 12.2. The number of fused-ring (bicyclic) bond motifs is 2. The molecular weight excluding hydrogens is 514 g/mol. The summed E-state index contributed by atoms with van der Waals surface area (Å²) in [6.45, 7) is 11.0. The van der Waals surface area contributed by atoms with E-state index in [1.807, 2.05) is 32.9 Å². The van der Waals surface area contributed by atoms with Crippen molar-refractivity contribution in [3.05, 3.63) is 48.5 Å². The van der Waals surface area contributed by atoms with Gasteiger partial charge in [0.15, 0.2) is 0 Å². The Morgan fingerprint density at radius 1 is 1.00 bits per heavy atom. The normalized spacial score (nSPS) is 19.2. The van der Waals surface area contributed by atoms with Crippen LogP contribution in [0.2, 0.25) is 0 Å².